The van der Waals surface area contributed by atoms with E-state index in [0.717, 1.165) is 0 Å². The first-order valence-electron chi connectivity index (χ1n) is 31.5. The van der Waals surface area contributed by atoms with Gasteiger partial charge in [0.2, 0.25) is 6.29 Å². The molecular weight excluding hydrogens is 1360 g/mol. The number of benzene rings is 1. The van der Waals surface area contributed by atoms with Crippen molar-refractivity contribution in [2.24, 2.45) is 0 Å². The van der Waals surface area contributed by atoms with Crippen molar-refractivity contribution in [3.05, 3.63) is 24.3 Å². The van der Waals surface area contributed by atoms with Gasteiger partial charge >= 0.3 is 0 Å². The van der Waals surface area contributed by atoms with Crippen molar-refractivity contribution in [1.82, 2.24) is 5.32 Å². The first kappa shape index (κ1) is 78.3. The molecule has 14 bridgehead atoms. The van der Waals surface area contributed by atoms with Gasteiger partial charge in [0.15, 0.2) is 50.6 Å². The van der Waals surface area contributed by atoms with Crippen molar-refractivity contribution in [1.29, 1.82) is 0 Å². The zero-order chi connectivity index (χ0) is 71.7. The van der Waals surface area contributed by atoms with Gasteiger partial charge in [0.05, 0.1) is 46.2 Å². The van der Waals surface area contributed by atoms with Crippen LogP contribution in [0.3, 0.4) is 0 Å². The molecule has 0 aromatic heterocycles. The topological polar surface area (TPSA) is 672 Å². The van der Waals surface area contributed by atoms with E-state index in [-0.39, 0.29) is 11.5 Å². The highest BCUT2D eigenvalue weighted by atomic mass is 16.8. The van der Waals surface area contributed by atoms with Crippen LogP contribution in [-0.4, -0.2) is 434 Å². The van der Waals surface area contributed by atoms with Crippen molar-refractivity contribution in [3.8, 4) is 11.5 Å². The summed E-state index contributed by atoms with van der Waals surface area (Å²) in [5, 5.41) is 267. The smallest absolute Gasteiger partial charge is 0.258 e. The number of rotatable bonds is 14. The van der Waals surface area contributed by atoms with E-state index in [2.05, 4.69) is 5.32 Å². The number of aliphatic hydroxyl groups excluding tert-OH is 24. The van der Waals surface area contributed by atoms with Crippen LogP contribution in [0, 0.1) is 0 Å². The molecule has 0 unspecified atom stereocenters. The number of carbonyl (C=O) groups excluding carboxylic acids is 1. The second-order valence-corrected chi connectivity index (χ2v) is 24.8. The van der Waals surface area contributed by atoms with Gasteiger partial charge in [-0.15, -0.1) is 0 Å². The molecule has 22 heterocycles. The van der Waals surface area contributed by atoms with Crippen molar-refractivity contribution >= 4 is 5.91 Å². The summed E-state index contributed by atoms with van der Waals surface area (Å²) in [7, 11) is 0. The molecule has 568 valence electrons. The number of carbonyl (C=O) groups is 1. The summed E-state index contributed by atoms with van der Waals surface area (Å²) in [6, 6.07) is 5.21. The number of hydrogen-bond donors (Lipinski definition) is 25. The summed E-state index contributed by atoms with van der Waals surface area (Å²) < 4.78 is 97.6. The molecule has 0 aliphatic carbocycles. The Kier molecular flexibility index (Phi) is 26.8. The molecule has 22 fully saturated rings. The first-order chi connectivity index (χ1) is 47.2. The molecule has 22 saturated heterocycles. The van der Waals surface area contributed by atoms with E-state index in [1.54, 1.807) is 0 Å². The van der Waals surface area contributed by atoms with Crippen LogP contribution in [0.1, 0.15) is 0 Å². The number of aliphatic hydroxyl groups is 24. The van der Waals surface area contributed by atoms with Gasteiger partial charge in [-0.1, -0.05) is 0 Å². The van der Waals surface area contributed by atoms with E-state index in [1.165, 1.54) is 24.3 Å². The van der Waals surface area contributed by atoms with Crippen LogP contribution < -0.4 is 14.8 Å². The standard InChI is InChI=1S/C56H87NO42/c58-6-17-25(66)26(67)34(75)49(86-17)84-15-3-1-14(2-4-15)83-13-24(65)57-5-16-42-27(68)35(76)50(85-16)94-43-18(7-59)88-52(37(78)29(43)70)96-45-20(9-61)90-54(39(80)31(45)72)98-47-22(11-63)92-56(41(82)33(47)74)99-48-23(12-64)91-55(40(81)32(48)73)97-46-21(10-62)89-53(38(79)30(46)71)95-44-19(8-60)87-51(93-42)36(77)28(44)69/h1-4,16-23,25-56,58-64,66-82H,5-13H2,(H,57,65)/t16-,17-,18-,19-,20-,21-,22-,23-,25-,26+,27-,28-,29-,30-,31-,32-,33-,34-,35-,36-,37-,38-,39-,40-,41-,42-,43-,44-,45-,46-,47-,48-,49-,50-,51-,52-,53-,54-,55-,56-/m1/s1. The van der Waals surface area contributed by atoms with Crippen LogP contribution in [0.5, 0.6) is 11.5 Å². The van der Waals surface area contributed by atoms with Gasteiger partial charge < -0.3 is 208 Å². The number of nitrogens with one attached hydrogen (secondary N) is 1. The Bertz CT molecular complexity index is 2650. The zero-order valence-electron chi connectivity index (χ0n) is 51.8. The van der Waals surface area contributed by atoms with Gasteiger partial charge in [-0.25, -0.2) is 0 Å². The zero-order valence-corrected chi connectivity index (χ0v) is 51.8. The van der Waals surface area contributed by atoms with Crippen LogP contribution >= 0.6 is 0 Å². The van der Waals surface area contributed by atoms with E-state index < -0.39 is 311 Å². The maximum absolute atomic E-state index is 13.5. The fourth-order valence-electron chi connectivity index (χ4n) is 12.8. The summed E-state index contributed by atoms with van der Waals surface area (Å²) in [6.07, 6.45) is -81.0. The molecule has 0 saturated carbocycles. The highest BCUT2D eigenvalue weighted by molar-refractivity contribution is 5.77. The lowest BCUT2D eigenvalue weighted by Crippen LogP contribution is -2.68. The minimum absolute atomic E-state index is 0.0288. The summed E-state index contributed by atoms with van der Waals surface area (Å²) in [4.78, 5) is 13.5. The molecule has 1 aromatic carbocycles. The highest BCUT2D eigenvalue weighted by Crippen LogP contribution is 2.39. The fraction of sp³-hybridized carbons (Fsp3) is 0.875. The van der Waals surface area contributed by atoms with Crippen molar-refractivity contribution < 1.29 is 208 Å². The van der Waals surface area contributed by atoms with Crippen LogP contribution in [-0.2, 0) is 75.8 Å². The average molecular weight is 1450 g/mol. The molecule has 23 rings (SSSR count). The Labute approximate surface area is 558 Å². The summed E-state index contributed by atoms with van der Waals surface area (Å²) in [5.41, 5.74) is 0. The molecule has 25 N–H and O–H groups in total. The second-order valence-electron chi connectivity index (χ2n) is 24.8. The fourth-order valence-corrected chi connectivity index (χ4v) is 12.8. The Morgan fingerprint density at radius 1 is 0.283 bits per heavy atom. The molecule has 0 radical (unpaired) electrons. The number of amides is 1. The summed E-state index contributed by atoms with van der Waals surface area (Å²) >= 11 is 0. The SMILES string of the molecule is O=C(COc1ccc(O[C@@H]2O[C@H](CO)[C@@H](O)[C@H](O)[C@H]2O)cc1)NC[C@H]1O[C@@H]2O[C@H]3[C@H](O)[C@@H](O)[C@@H](O[C@H]4[C@H](O)[C@@H](O)[C@@H](O[C@H]5[C@H](O)[C@@H](O)[C@@H](O[C@H]6[C@H](O)[C@@H](O)[C@@H](O[C@H]7[C@H](O)[C@@H](O)[C@@H](O[C@H]8[C@H](O)[C@@H](O)[C@@H](O[C@H]1[C@H](O)[C@H]2O)O[C@@H]8CO)O[C@@H]7CO)O[C@@H]6CO)O[C@@H]5CO)O[C@@H]4CO)O[C@@H]3CO. The summed E-state index contributed by atoms with van der Waals surface area (Å²) in [6.45, 7) is -8.89. The molecule has 1 aromatic rings. The van der Waals surface area contributed by atoms with Crippen LogP contribution in [0.15, 0.2) is 24.3 Å². The average Bonchev–Trinajstić information content (AvgIpc) is 0.801. The van der Waals surface area contributed by atoms with Gasteiger partial charge in [0.1, 0.15) is 207 Å². The Morgan fingerprint density at radius 3 is 0.788 bits per heavy atom. The number of ether oxygens (including phenoxy) is 17. The lowest BCUT2D eigenvalue weighted by Gasteiger charge is -2.50. The lowest BCUT2D eigenvalue weighted by atomic mass is 9.95. The lowest BCUT2D eigenvalue weighted by molar-refractivity contribution is -0.396. The summed E-state index contributed by atoms with van der Waals surface area (Å²) in [5.74, 6) is -0.881. The van der Waals surface area contributed by atoms with Gasteiger partial charge in [0, 0.05) is 6.54 Å². The molecule has 0 spiro atoms. The number of hydrogen-bond acceptors (Lipinski definition) is 42. The molecule has 40 atom stereocenters. The van der Waals surface area contributed by atoms with Crippen LogP contribution in [0.2, 0.25) is 0 Å². The molecular formula is C56H87NO42. The van der Waals surface area contributed by atoms with Crippen molar-refractivity contribution in [2.75, 3.05) is 59.4 Å². The van der Waals surface area contributed by atoms with Crippen LogP contribution in [0.4, 0.5) is 0 Å². The van der Waals surface area contributed by atoms with Gasteiger partial charge in [-0.2, -0.15) is 0 Å². The first-order valence-corrected chi connectivity index (χ1v) is 31.5. The predicted molar refractivity (Wildman–Crippen MR) is 301 cm³/mol. The van der Waals surface area contributed by atoms with E-state index in [9.17, 15) is 127 Å². The van der Waals surface area contributed by atoms with E-state index in [0.29, 0.717) is 0 Å². The quantitative estimate of drug-likeness (QED) is 0.0822. The normalized spacial score (nSPS) is 50.2. The minimum Gasteiger partial charge on any atom is -0.484 e. The van der Waals surface area contributed by atoms with E-state index >= 15 is 0 Å². The third kappa shape index (κ3) is 16.4. The van der Waals surface area contributed by atoms with Crippen molar-refractivity contribution in [3.63, 3.8) is 0 Å². The van der Waals surface area contributed by atoms with Crippen LogP contribution in [0.25, 0.3) is 0 Å². The minimum atomic E-state index is -2.34. The largest absolute Gasteiger partial charge is 0.484 e. The molecule has 43 nitrogen and oxygen atoms in total. The van der Waals surface area contributed by atoms with Crippen molar-refractivity contribution in [2.45, 2.75) is 246 Å². The highest BCUT2D eigenvalue weighted by Gasteiger charge is 2.60. The Morgan fingerprint density at radius 2 is 0.525 bits per heavy atom. The Hall–Kier alpha value is -3.27. The molecule has 99 heavy (non-hydrogen) atoms. The maximum atomic E-state index is 13.5. The van der Waals surface area contributed by atoms with Gasteiger partial charge in [-0.05, 0) is 24.3 Å². The monoisotopic (exact) mass is 1450 g/mol. The molecule has 1 amide bonds. The second kappa shape index (κ2) is 33.9. The van der Waals surface area contributed by atoms with Gasteiger partial charge in [-0.3, -0.25) is 4.79 Å². The maximum Gasteiger partial charge on any atom is 0.258 e. The van der Waals surface area contributed by atoms with E-state index in [4.69, 9.17) is 80.5 Å². The Balaban J connectivity index is 0.903. The molecule has 22 aliphatic rings. The predicted octanol–water partition coefficient (Wildman–Crippen LogP) is -16.8. The van der Waals surface area contributed by atoms with Gasteiger partial charge in [0.25, 0.3) is 5.91 Å². The van der Waals surface area contributed by atoms with E-state index in [1.807, 2.05) is 0 Å². The third-order valence-electron chi connectivity index (χ3n) is 18.4. The molecule has 22 aliphatic heterocycles. The molecule has 43 heteroatoms. The third-order valence-corrected chi connectivity index (χ3v) is 18.4.